The zero-order chi connectivity index (χ0) is 14.8. The number of nitrogens with zero attached hydrogens (tertiary/aromatic N) is 1. The fraction of sp³-hybridized carbons (Fsp3) is 0.0625. The van der Waals surface area contributed by atoms with E-state index in [1.807, 2.05) is 24.3 Å². The summed E-state index contributed by atoms with van der Waals surface area (Å²) in [6, 6.07) is 13.1. The van der Waals surface area contributed by atoms with E-state index in [1.54, 1.807) is 25.4 Å². The third-order valence-electron chi connectivity index (χ3n) is 3.11. The molecular weight excluding hydrogens is 379 g/mol. The minimum Gasteiger partial charge on any atom is -0.508 e. The van der Waals surface area contributed by atoms with Crippen LogP contribution < -0.4 is 10.1 Å². The number of hydrogen-bond donors (Lipinski definition) is 2. The Morgan fingerprint density at radius 2 is 2.00 bits per heavy atom. The van der Waals surface area contributed by atoms with Gasteiger partial charge in [-0.05, 0) is 46.9 Å². The molecule has 3 rings (SSSR count). The molecule has 0 saturated carbocycles. The van der Waals surface area contributed by atoms with Crippen molar-refractivity contribution in [3.63, 3.8) is 0 Å². The van der Waals surface area contributed by atoms with Crippen LogP contribution in [0.2, 0.25) is 0 Å². The van der Waals surface area contributed by atoms with Crippen LogP contribution in [0.4, 0.5) is 11.4 Å². The van der Waals surface area contributed by atoms with Gasteiger partial charge in [-0.25, -0.2) is 0 Å². The molecule has 106 valence electrons. The maximum absolute atomic E-state index is 9.73. The first kappa shape index (κ1) is 13.9. The van der Waals surface area contributed by atoms with Crippen LogP contribution in [0.1, 0.15) is 0 Å². The van der Waals surface area contributed by atoms with Crippen LogP contribution in [-0.2, 0) is 0 Å². The average molecular weight is 392 g/mol. The summed E-state index contributed by atoms with van der Waals surface area (Å²) < 4.78 is 6.31. The molecule has 5 heteroatoms. The van der Waals surface area contributed by atoms with Gasteiger partial charge in [-0.15, -0.1) is 0 Å². The number of anilines is 2. The maximum Gasteiger partial charge on any atom is 0.124 e. The van der Waals surface area contributed by atoms with Crippen LogP contribution in [0.15, 0.2) is 48.7 Å². The number of ether oxygens (including phenoxy) is 1. The van der Waals surface area contributed by atoms with Crippen molar-refractivity contribution < 1.29 is 9.84 Å². The van der Waals surface area contributed by atoms with Crippen molar-refractivity contribution >= 4 is 44.9 Å². The Morgan fingerprint density at radius 1 is 1.14 bits per heavy atom. The number of pyridine rings is 1. The first-order valence-electron chi connectivity index (χ1n) is 6.35. The first-order valence-corrected chi connectivity index (χ1v) is 7.43. The number of hydrogen-bond acceptors (Lipinski definition) is 4. The predicted octanol–water partition coefficient (Wildman–Crippen LogP) is 4.30. The molecule has 0 aliphatic rings. The van der Waals surface area contributed by atoms with E-state index in [4.69, 9.17) is 4.74 Å². The average Bonchev–Trinajstić information content (AvgIpc) is 2.47. The van der Waals surface area contributed by atoms with Crippen LogP contribution in [0, 0.1) is 3.57 Å². The highest BCUT2D eigenvalue weighted by Gasteiger charge is 2.05. The smallest absolute Gasteiger partial charge is 0.124 e. The fourth-order valence-corrected chi connectivity index (χ4v) is 2.65. The molecular formula is C16H13IN2O2. The van der Waals surface area contributed by atoms with Crippen LogP contribution >= 0.6 is 22.6 Å². The summed E-state index contributed by atoms with van der Waals surface area (Å²) in [4.78, 5) is 4.36. The number of aromatic nitrogens is 1. The van der Waals surface area contributed by atoms with Gasteiger partial charge in [0.05, 0.1) is 12.6 Å². The van der Waals surface area contributed by atoms with Gasteiger partial charge >= 0.3 is 0 Å². The summed E-state index contributed by atoms with van der Waals surface area (Å²) >= 11 is 2.28. The van der Waals surface area contributed by atoms with Crippen molar-refractivity contribution in [2.24, 2.45) is 0 Å². The summed E-state index contributed by atoms with van der Waals surface area (Å²) in [5, 5.41) is 14.1. The summed E-state index contributed by atoms with van der Waals surface area (Å²) in [5.74, 6) is 0.759. The number of benzene rings is 2. The molecule has 4 nitrogen and oxygen atoms in total. The Hall–Kier alpha value is -2.02. The van der Waals surface area contributed by atoms with Crippen molar-refractivity contribution in [2.75, 3.05) is 12.4 Å². The van der Waals surface area contributed by atoms with Crippen molar-refractivity contribution in [2.45, 2.75) is 0 Å². The standard InChI is InChI=1S/C16H13IN2O2/c1-21-13-8-11(7-12(20)9-13)19-16-4-5-18-15-3-2-10(17)6-14(15)16/h2-9,20H,1H3,(H,18,19). The van der Waals surface area contributed by atoms with Gasteiger partial charge in [0.2, 0.25) is 0 Å². The van der Waals surface area contributed by atoms with Gasteiger partial charge in [-0.3, -0.25) is 4.98 Å². The van der Waals surface area contributed by atoms with E-state index in [9.17, 15) is 5.11 Å². The van der Waals surface area contributed by atoms with Gasteiger partial charge in [-0.1, -0.05) is 0 Å². The van der Waals surface area contributed by atoms with Gasteiger partial charge in [0.25, 0.3) is 0 Å². The van der Waals surface area contributed by atoms with E-state index in [-0.39, 0.29) is 5.75 Å². The molecule has 0 aliphatic carbocycles. The number of phenolic OH excluding ortho intramolecular Hbond substituents is 1. The van der Waals surface area contributed by atoms with Crippen LogP contribution in [0.3, 0.4) is 0 Å². The third kappa shape index (κ3) is 3.02. The Kier molecular flexibility index (Phi) is 3.83. The second kappa shape index (κ2) is 5.77. The number of phenols is 1. The lowest BCUT2D eigenvalue weighted by Crippen LogP contribution is -1.94. The van der Waals surface area contributed by atoms with Crippen molar-refractivity contribution in [1.29, 1.82) is 0 Å². The Morgan fingerprint density at radius 3 is 2.81 bits per heavy atom. The fourth-order valence-electron chi connectivity index (χ4n) is 2.16. The minimum atomic E-state index is 0.157. The molecule has 0 saturated heterocycles. The highest BCUT2D eigenvalue weighted by Crippen LogP contribution is 2.30. The third-order valence-corrected chi connectivity index (χ3v) is 3.78. The number of aromatic hydroxyl groups is 1. The largest absolute Gasteiger partial charge is 0.508 e. The van der Waals surface area contributed by atoms with Gasteiger partial charge in [0.15, 0.2) is 0 Å². The molecule has 0 bridgehead atoms. The number of halogens is 1. The summed E-state index contributed by atoms with van der Waals surface area (Å²) in [6.45, 7) is 0. The van der Waals surface area contributed by atoms with E-state index in [0.29, 0.717) is 5.75 Å². The van der Waals surface area contributed by atoms with Gasteiger partial charge in [0, 0.05) is 44.7 Å². The molecule has 1 aromatic heterocycles. The second-order valence-electron chi connectivity index (χ2n) is 4.56. The lowest BCUT2D eigenvalue weighted by molar-refractivity contribution is 0.408. The summed E-state index contributed by atoms with van der Waals surface area (Å²) in [6.07, 6.45) is 1.76. The van der Waals surface area contributed by atoms with Crippen molar-refractivity contribution in [1.82, 2.24) is 4.98 Å². The number of rotatable bonds is 3. The molecule has 0 amide bonds. The molecule has 0 atom stereocenters. The normalized spacial score (nSPS) is 10.6. The number of nitrogens with one attached hydrogen (secondary N) is 1. The molecule has 21 heavy (non-hydrogen) atoms. The lowest BCUT2D eigenvalue weighted by atomic mass is 10.2. The van der Waals surface area contributed by atoms with Crippen LogP contribution in [0.25, 0.3) is 10.9 Å². The Bertz CT molecular complexity index is 805. The monoisotopic (exact) mass is 392 g/mol. The molecule has 0 spiro atoms. The molecule has 0 unspecified atom stereocenters. The molecule has 1 heterocycles. The quantitative estimate of drug-likeness (QED) is 0.653. The van der Waals surface area contributed by atoms with Crippen molar-refractivity contribution in [3.05, 3.63) is 52.2 Å². The first-order chi connectivity index (χ1) is 10.2. The summed E-state index contributed by atoms with van der Waals surface area (Å²) in [7, 11) is 1.57. The highest BCUT2D eigenvalue weighted by molar-refractivity contribution is 14.1. The highest BCUT2D eigenvalue weighted by atomic mass is 127. The van der Waals surface area contributed by atoms with E-state index < -0.39 is 0 Å². The molecule has 0 aliphatic heterocycles. The Balaban J connectivity index is 2.05. The van der Waals surface area contributed by atoms with Crippen LogP contribution in [0.5, 0.6) is 11.5 Å². The number of fused-ring (bicyclic) bond motifs is 1. The molecule has 3 aromatic rings. The zero-order valence-corrected chi connectivity index (χ0v) is 13.5. The van der Waals surface area contributed by atoms with Gasteiger partial charge in [0.1, 0.15) is 11.5 Å². The summed E-state index contributed by atoms with van der Waals surface area (Å²) in [5.41, 5.74) is 2.62. The van der Waals surface area contributed by atoms with E-state index in [1.165, 1.54) is 0 Å². The van der Waals surface area contributed by atoms with Gasteiger partial charge in [-0.2, -0.15) is 0 Å². The maximum atomic E-state index is 9.73. The molecule has 0 fully saturated rings. The zero-order valence-electron chi connectivity index (χ0n) is 11.3. The molecule has 2 aromatic carbocycles. The lowest BCUT2D eigenvalue weighted by Gasteiger charge is -2.11. The van der Waals surface area contributed by atoms with E-state index in [0.717, 1.165) is 25.8 Å². The van der Waals surface area contributed by atoms with Crippen LogP contribution in [-0.4, -0.2) is 17.2 Å². The minimum absolute atomic E-state index is 0.157. The topological polar surface area (TPSA) is 54.4 Å². The van der Waals surface area contributed by atoms with E-state index >= 15 is 0 Å². The Labute approximate surface area is 135 Å². The second-order valence-corrected chi connectivity index (χ2v) is 5.81. The van der Waals surface area contributed by atoms with Gasteiger partial charge < -0.3 is 15.2 Å². The van der Waals surface area contributed by atoms with E-state index in [2.05, 4.69) is 39.0 Å². The molecule has 0 radical (unpaired) electrons. The molecule has 2 N–H and O–H groups in total. The van der Waals surface area contributed by atoms with Crippen molar-refractivity contribution in [3.8, 4) is 11.5 Å². The SMILES string of the molecule is COc1cc(O)cc(Nc2ccnc3ccc(I)cc23)c1. The predicted molar refractivity (Wildman–Crippen MR) is 92.4 cm³/mol. The number of methoxy groups -OCH3 is 1.